The average Bonchev–Trinajstić information content (AvgIpc) is 3.04. The standard InChI is InChI=1S/C23H22N2O5S2/c26-23(16-31-19-5-2-1-3-6-19)24-17-7-9-18(10-8-17)25-32(27,28)20-11-12-21-22(15-20)30-14-4-13-29-21/h1-3,5-12,15,25H,4,13-14,16H2,(H,24,26). The van der Waals surface area contributed by atoms with Gasteiger partial charge >= 0.3 is 0 Å². The molecule has 3 aromatic carbocycles. The lowest BCUT2D eigenvalue weighted by molar-refractivity contribution is -0.113. The van der Waals surface area contributed by atoms with Gasteiger partial charge in [0.2, 0.25) is 5.91 Å². The van der Waals surface area contributed by atoms with Crippen LogP contribution < -0.4 is 19.5 Å². The Balaban J connectivity index is 1.36. The molecule has 0 aliphatic carbocycles. The molecule has 1 aliphatic heterocycles. The van der Waals surface area contributed by atoms with Crippen molar-refractivity contribution in [2.45, 2.75) is 16.2 Å². The van der Waals surface area contributed by atoms with Crippen molar-refractivity contribution >= 4 is 39.1 Å². The molecular formula is C23H22N2O5S2. The van der Waals surface area contributed by atoms with Gasteiger partial charge in [-0.1, -0.05) is 18.2 Å². The molecule has 32 heavy (non-hydrogen) atoms. The molecule has 3 aromatic rings. The lowest BCUT2D eigenvalue weighted by atomic mass is 10.3. The number of benzene rings is 3. The van der Waals surface area contributed by atoms with Crippen molar-refractivity contribution in [1.29, 1.82) is 0 Å². The van der Waals surface area contributed by atoms with Crippen LogP contribution in [0.15, 0.2) is 82.6 Å². The molecule has 0 unspecified atom stereocenters. The molecule has 9 heteroatoms. The van der Waals surface area contributed by atoms with Gasteiger partial charge in [0.05, 0.1) is 23.9 Å². The maximum atomic E-state index is 12.8. The number of thioether (sulfide) groups is 1. The third-order valence-electron chi connectivity index (χ3n) is 4.56. The van der Waals surface area contributed by atoms with Crippen LogP contribution in [0, 0.1) is 0 Å². The van der Waals surface area contributed by atoms with E-state index in [0.717, 1.165) is 11.3 Å². The molecule has 166 valence electrons. The van der Waals surface area contributed by atoms with Crippen molar-refractivity contribution < 1.29 is 22.7 Å². The smallest absolute Gasteiger partial charge is 0.262 e. The molecule has 0 spiro atoms. The summed E-state index contributed by atoms with van der Waals surface area (Å²) in [7, 11) is -3.81. The Morgan fingerprint density at radius 2 is 1.56 bits per heavy atom. The molecule has 0 saturated heterocycles. The fourth-order valence-corrected chi connectivity index (χ4v) is 4.80. The highest BCUT2D eigenvalue weighted by Gasteiger charge is 2.19. The highest BCUT2D eigenvalue weighted by atomic mass is 32.2. The average molecular weight is 471 g/mol. The first-order valence-corrected chi connectivity index (χ1v) is 12.5. The van der Waals surface area contributed by atoms with Gasteiger partial charge in [0.25, 0.3) is 10.0 Å². The molecule has 7 nitrogen and oxygen atoms in total. The number of fused-ring (bicyclic) bond motifs is 1. The predicted octanol–water partition coefficient (Wildman–Crippen LogP) is 4.38. The van der Waals surface area contributed by atoms with Crippen molar-refractivity contribution in [2.24, 2.45) is 0 Å². The maximum Gasteiger partial charge on any atom is 0.262 e. The topological polar surface area (TPSA) is 93.7 Å². The van der Waals surface area contributed by atoms with Crippen LogP contribution in [0.4, 0.5) is 11.4 Å². The zero-order chi connectivity index (χ0) is 22.4. The van der Waals surface area contributed by atoms with E-state index in [1.54, 1.807) is 30.3 Å². The molecule has 2 N–H and O–H groups in total. The van der Waals surface area contributed by atoms with Crippen molar-refractivity contribution in [2.75, 3.05) is 29.0 Å². The van der Waals surface area contributed by atoms with Gasteiger partial charge in [0, 0.05) is 28.8 Å². The van der Waals surface area contributed by atoms with E-state index in [1.165, 1.54) is 23.9 Å². The van der Waals surface area contributed by atoms with Crippen LogP contribution in [0.3, 0.4) is 0 Å². The normalized spacial score (nSPS) is 13.1. The molecule has 0 atom stereocenters. The largest absolute Gasteiger partial charge is 0.490 e. The lowest BCUT2D eigenvalue weighted by Gasteiger charge is -2.12. The Hall–Kier alpha value is -3.17. The van der Waals surface area contributed by atoms with Crippen molar-refractivity contribution in [3.63, 3.8) is 0 Å². The molecule has 4 rings (SSSR count). The van der Waals surface area contributed by atoms with E-state index in [0.29, 0.717) is 36.1 Å². The summed E-state index contributed by atoms with van der Waals surface area (Å²) < 4.78 is 39.2. The van der Waals surface area contributed by atoms with Crippen LogP contribution in [-0.2, 0) is 14.8 Å². The van der Waals surface area contributed by atoms with Gasteiger partial charge in [-0.15, -0.1) is 11.8 Å². The number of amides is 1. The molecule has 1 aliphatic rings. The number of sulfonamides is 1. The van der Waals surface area contributed by atoms with Crippen LogP contribution >= 0.6 is 11.8 Å². The zero-order valence-corrected chi connectivity index (χ0v) is 18.7. The van der Waals surface area contributed by atoms with E-state index < -0.39 is 10.0 Å². The van der Waals surface area contributed by atoms with Gasteiger partial charge in [0.1, 0.15) is 0 Å². The van der Waals surface area contributed by atoms with E-state index in [9.17, 15) is 13.2 Å². The second-order valence-corrected chi connectivity index (χ2v) is 9.72. The number of anilines is 2. The monoisotopic (exact) mass is 470 g/mol. The lowest BCUT2D eigenvalue weighted by Crippen LogP contribution is -2.15. The van der Waals surface area contributed by atoms with Crippen molar-refractivity contribution in [3.05, 3.63) is 72.8 Å². The summed E-state index contributed by atoms with van der Waals surface area (Å²) in [5.74, 6) is 1.09. The highest BCUT2D eigenvalue weighted by molar-refractivity contribution is 8.00. The molecule has 1 amide bonds. The Labute approximate surface area is 191 Å². The van der Waals surface area contributed by atoms with Gasteiger partial charge in [-0.3, -0.25) is 9.52 Å². The van der Waals surface area contributed by atoms with Crippen LogP contribution in [-0.4, -0.2) is 33.3 Å². The summed E-state index contributed by atoms with van der Waals surface area (Å²) in [6, 6.07) is 20.7. The zero-order valence-electron chi connectivity index (χ0n) is 17.1. The Kier molecular flexibility index (Phi) is 6.87. The fraction of sp³-hybridized carbons (Fsp3) is 0.174. The number of rotatable bonds is 7. The summed E-state index contributed by atoms with van der Waals surface area (Å²) in [5, 5.41) is 2.81. The van der Waals surface area contributed by atoms with Crippen LogP contribution in [0.1, 0.15) is 6.42 Å². The predicted molar refractivity (Wildman–Crippen MR) is 125 cm³/mol. The number of carbonyl (C=O) groups is 1. The number of hydrogen-bond acceptors (Lipinski definition) is 6. The van der Waals surface area contributed by atoms with Gasteiger partial charge < -0.3 is 14.8 Å². The van der Waals surface area contributed by atoms with Gasteiger partial charge in [-0.25, -0.2) is 8.42 Å². The second kappa shape index (κ2) is 9.97. The molecule has 0 aromatic heterocycles. The minimum Gasteiger partial charge on any atom is -0.490 e. The number of ether oxygens (including phenoxy) is 2. The van der Waals surface area contributed by atoms with Crippen LogP contribution in [0.2, 0.25) is 0 Å². The highest BCUT2D eigenvalue weighted by Crippen LogP contribution is 2.32. The number of hydrogen-bond donors (Lipinski definition) is 2. The Morgan fingerprint density at radius 1 is 0.875 bits per heavy atom. The van der Waals surface area contributed by atoms with E-state index in [1.807, 2.05) is 30.3 Å². The van der Waals surface area contributed by atoms with Gasteiger partial charge in [-0.2, -0.15) is 0 Å². The van der Waals surface area contributed by atoms with Crippen LogP contribution in [0.25, 0.3) is 0 Å². The van der Waals surface area contributed by atoms with Gasteiger partial charge in [0.15, 0.2) is 11.5 Å². The molecule has 0 radical (unpaired) electrons. The summed E-state index contributed by atoms with van der Waals surface area (Å²) in [4.78, 5) is 13.3. The molecule has 1 heterocycles. The van der Waals surface area contributed by atoms with Crippen molar-refractivity contribution in [1.82, 2.24) is 0 Å². The third-order valence-corrected chi connectivity index (χ3v) is 6.95. The van der Waals surface area contributed by atoms with Gasteiger partial charge in [-0.05, 0) is 48.5 Å². The number of carbonyl (C=O) groups excluding carboxylic acids is 1. The number of nitrogens with one attached hydrogen (secondary N) is 2. The Bertz CT molecular complexity index is 1180. The molecule has 0 saturated carbocycles. The van der Waals surface area contributed by atoms with E-state index in [2.05, 4.69) is 10.0 Å². The van der Waals surface area contributed by atoms with E-state index in [4.69, 9.17) is 9.47 Å². The molecular weight excluding hydrogens is 448 g/mol. The maximum absolute atomic E-state index is 12.8. The summed E-state index contributed by atoms with van der Waals surface area (Å²) >= 11 is 1.44. The first-order chi connectivity index (χ1) is 15.5. The summed E-state index contributed by atoms with van der Waals surface area (Å²) in [6.07, 6.45) is 0.739. The molecule has 0 fully saturated rings. The summed E-state index contributed by atoms with van der Waals surface area (Å²) in [6.45, 7) is 1.01. The first kappa shape index (κ1) is 22.0. The fourth-order valence-electron chi connectivity index (χ4n) is 3.01. The van der Waals surface area contributed by atoms with E-state index in [-0.39, 0.29) is 16.6 Å². The van der Waals surface area contributed by atoms with Crippen LogP contribution in [0.5, 0.6) is 11.5 Å². The minimum absolute atomic E-state index is 0.0806. The molecule has 0 bridgehead atoms. The quantitative estimate of drug-likeness (QED) is 0.498. The first-order valence-electron chi connectivity index (χ1n) is 10.00. The SMILES string of the molecule is O=C(CSc1ccccc1)Nc1ccc(NS(=O)(=O)c2ccc3c(c2)OCCCO3)cc1. The Morgan fingerprint density at radius 3 is 2.31 bits per heavy atom. The minimum atomic E-state index is -3.81. The van der Waals surface area contributed by atoms with Crippen molar-refractivity contribution in [3.8, 4) is 11.5 Å². The third kappa shape index (κ3) is 5.74. The summed E-state index contributed by atoms with van der Waals surface area (Å²) in [5.41, 5.74) is 0.968. The van der Waals surface area contributed by atoms with E-state index >= 15 is 0 Å². The second-order valence-electron chi connectivity index (χ2n) is 6.99.